The van der Waals surface area contributed by atoms with E-state index in [9.17, 15) is 4.79 Å². The molecule has 0 bridgehead atoms. The Morgan fingerprint density at radius 2 is 2.00 bits per heavy atom. The van der Waals surface area contributed by atoms with Gasteiger partial charge in [0.05, 0.1) is 25.4 Å². The molecular formula is C13H12N2O2. The highest BCUT2D eigenvalue weighted by atomic mass is 16.5. The van der Waals surface area contributed by atoms with Gasteiger partial charge in [-0.1, -0.05) is 30.3 Å². The van der Waals surface area contributed by atoms with Gasteiger partial charge >= 0.3 is 0 Å². The third kappa shape index (κ3) is 2.87. The van der Waals surface area contributed by atoms with Gasteiger partial charge in [0.15, 0.2) is 5.78 Å². The summed E-state index contributed by atoms with van der Waals surface area (Å²) in [6.07, 6.45) is 3.31. The predicted molar refractivity (Wildman–Crippen MR) is 63.1 cm³/mol. The second-order valence-corrected chi connectivity index (χ2v) is 3.52. The standard InChI is InChI=1S/C13H12N2O2/c1-17-13-9-14-8-11(15-13)7-12(16)10-5-3-2-4-6-10/h2-6,8-9H,7H2,1H3. The lowest BCUT2D eigenvalue weighted by molar-refractivity contribution is 0.0991. The number of rotatable bonds is 4. The Bertz CT molecular complexity index is 512. The van der Waals surface area contributed by atoms with Crippen molar-refractivity contribution in [1.82, 2.24) is 9.97 Å². The van der Waals surface area contributed by atoms with Crippen LogP contribution >= 0.6 is 0 Å². The molecule has 0 aliphatic rings. The van der Waals surface area contributed by atoms with Gasteiger partial charge in [0.25, 0.3) is 0 Å². The number of Topliss-reactive ketones (excluding diaryl/α,β-unsaturated/α-hetero) is 1. The summed E-state index contributed by atoms with van der Waals surface area (Å²) in [5.74, 6) is 0.441. The van der Waals surface area contributed by atoms with E-state index >= 15 is 0 Å². The third-order valence-corrected chi connectivity index (χ3v) is 2.31. The molecule has 1 heterocycles. The molecule has 0 radical (unpaired) electrons. The molecule has 0 saturated heterocycles. The van der Waals surface area contributed by atoms with E-state index in [0.29, 0.717) is 17.1 Å². The molecule has 0 spiro atoms. The van der Waals surface area contributed by atoms with Crippen LogP contribution in [0.4, 0.5) is 0 Å². The van der Waals surface area contributed by atoms with Crippen molar-refractivity contribution in [3.05, 3.63) is 54.0 Å². The number of ether oxygens (including phenoxy) is 1. The molecule has 4 nitrogen and oxygen atoms in total. The van der Waals surface area contributed by atoms with Crippen LogP contribution in [0.25, 0.3) is 0 Å². The van der Waals surface area contributed by atoms with Crippen molar-refractivity contribution < 1.29 is 9.53 Å². The van der Waals surface area contributed by atoms with Gasteiger partial charge in [-0.05, 0) is 0 Å². The number of aromatic nitrogens is 2. The average molecular weight is 228 g/mol. The van der Waals surface area contributed by atoms with E-state index in [1.807, 2.05) is 18.2 Å². The Labute approximate surface area is 99.3 Å². The molecule has 0 unspecified atom stereocenters. The van der Waals surface area contributed by atoms with Crippen molar-refractivity contribution in [2.24, 2.45) is 0 Å². The molecule has 2 aromatic rings. The largest absolute Gasteiger partial charge is 0.480 e. The fourth-order valence-corrected chi connectivity index (χ4v) is 1.46. The Balaban J connectivity index is 2.13. The molecule has 0 saturated carbocycles. The summed E-state index contributed by atoms with van der Waals surface area (Å²) in [4.78, 5) is 20.0. The van der Waals surface area contributed by atoms with Crippen LogP contribution in [0, 0.1) is 0 Å². The maximum absolute atomic E-state index is 11.9. The fourth-order valence-electron chi connectivity index (χ4n) is 1.46. The van der Waals surface area contributed by atoms with Crippen LogP contribution in [-0.2, 0) is 6.42 Å². The molecule has 1 aromatic carbocycles. The second-order valence-electron chi connectivity index (χ2n) is 3.52. The summed E-state index contributed by atoms with van der Waals surface area (Å²) in [6.45, 7) is 0. The molecule has 0 fully saturated rings. The van der Waals surface area contributed by atoms with Gasteiger partial charge in [-0.3, -0.25) is 9.78 Å². The van der Waals surface area contributed by atoms with E-state index < -0.39 is 0 Å². The number of carbonyl (C=O) groups excluding carboxylic acids is 1. The summed E-state index contributed by atoms with van der Waals surface area (Å²) in [5.41, 5.74) is 1.29. The minimum atomic E-state index is 0.0214. The van der Waals surface area contributed by atoms with Crippen molar-refractivity contribution in [2.45, 2.75) is 6.42 Å². The highest BCUT2D eigenvalue weighted by molar-refractivity contribution is 5.97. The van der Waals surface area contributed by atoms with E-state index in [-0.39, 0.29) is 12.2 Å². The quantitative estimate of drug-likeness (QED) is 0.750. The number of benzene rings is 1. The summed E-state index contributed by atoms with van der Waals surface area (Å²) >= 11 is 0. The minimum absolute atomic E-state index is 0.0214. The Morgan fingerprint density at radius 3 is 2.71 bits per heavy atom. The maximum Gasteiger partial charge on any atom is 0.232 e. The molecule has 4 heteroatoms. The van der Waals surface area contributed by atoms with E-state index in [1.54, 1.807) is 18.3 Å². The van der Waals surface area contributed by atoms with Crippen LogP contribution in [0.1, 0.15) is 16.1 Å². The van der Waals surface area contributed by atoms with Gasteiger partial charge in [0.2, 0.25) is 5.88 Å². The van der Waals surface area contributed by atoms with Crippen LogP contribution in [0.15, 0.2) is 42.7 Å². The Morgan fingerprint density at radius 1 is 1.24 bits per heavy atom. The molecule has 86 valence electrons. The molecule has 0 N–H and O–H groups in total. The maximum atomic E-state index is 11.9. The lowest BCUT2D eigenvalue weighted by Crippen LogP contribution is -2.05. The van der Waals surface area contributed by atoms with E-state index in [0.717, 1.165) is 0 Å². The van der Waals surface area contributed by atoms with Crippen molar-refractivity contribution in [3.8, 4) is 5.88 Å². The Kier molecular flexibility index (Phi) is 3.45. The zero-order chi connectivity index (χ0) is 12.1. The molecule has 0 aliphatic heterocycles. The van der Waals surface area contributed by atoms with E-state index in [1.165, 1.54) is 13.3 Å². The summed E-state index contributed by atoms with van der Waals surface area (Å²) in [6, 6.07) is 9.13. The summed E-state index contributed by atoms with van der Waals surface area (Å²) < 4.78 is 4.96. The van der Waals surface area contributed by atoms with Gasteiger partial charge in [0.1, 0.15) is 0 Å². The molecular weight excluding hydrogens is 216 g/mol. The number of nitrogens with zero attached hydrogens (tertiary/aromatic N) is 2. The third-order valence-electron chi connectivity index (χ3n) is 2.31. The van der Waals surface area contributed by atoms with Crippen LogP contribution < -0.4 is 4.74 Å². The number of hydrogen-bond acceptors (Lipinski definition) is 4. The molecule has 0 amide bonds. The van der Waals surface area contributed by atoms with Crippen LogP contribution in [0.5, 0.6) is 5.88 Å². The van der Waals surface area contributed by atoms with Crippen LogP contribution in [-0.4, -0.2) is 22.9 Å². The van der Waals surface area contributed by atoms with Crippen molar-refractivity contribution in [1.29, 1.82) is 0 Å². The van der Waals surface area contributed by atoms with Crippen molar-refractivity contribution in [2.75, 3.05) is 7.11 Å². The normalized spacial score (nSPS) is 9.94. The van der Waals surface area contributed by atoms with Crippen molar-refractivity contribution in [3.63, 3.8) is 0 Å². The van der Waals surface area contributed by atoms with Gasteiger partial charge in [0, 0.05) is 11.8 Å². The SMILES string of the molecule is COc1cncc(CC(=O)c2ccccc2)n1. The molecule has 0 aliphatic carbocycles. The average Bonchev–Trinajstić information content (AvgIpc) is 2.40. The second kappa shape index (κ2) is 5.21. The predicted octanol–water partition coefficient (Wildman–Crippen LogP) is 1.91. The first-order valence-corrected chi connectivity index (χ1v) is 5.23. The van der Waals surface area contributed by atoms with Crippen LogP contribution in [0.2, 0.25) is 0 Å². The molecule has 17 heavy (non-hydrogen) atoms. The van der Waals surface area contributed by atoms with Gasteiger partial charge < -0.3 is 4.74 Å². The highest BCUT2D eigenvalue weighted by Crippen LogP contribution is 2.08. The number of hydrogen-bond donors (Lipinski definition) is 0. The topological polar surface area (TPSA) is 52.1 Å². The van der Waals surface area contributed by atoms with Gasteiger partial charge in [-0.25, -0.2) is 4.98 Å². The summed E-state index contributed by atoms with van der Waals surface area (Å²) in [5, 5.41) is 0. The highest BCUT2D eigenvalue weighted by Gasteiger charge is 2.08. The number of methoxy groups -OCH3 is 1. The zero-order valence-corrected chi connectivity index (χ0v) is 9.46. The monoisotopic (exact) mass is 228 g/mol. The smallest absolute Gasteiger partial charge is 0.232 e. The first-order valence-electron chi connectivity index (χ1n) is 5.23. The first kappa shape index (κ1) is 11.3. The molecule has 1 aromatic heterocycles. The minimum Gasteiger partial charge on any atom is -0.480 e. The summed E-state index contributed by atoms with van der Waals surface area (Å²) in [7, 11) is 1.52. The van der Waals surface area contributed by atoms with E-state index in [4.69, 9.17) is 4.74 Å². The fraction of sp³-hybridized carbons (Fsp3) is 0.154. The lowest BCUT2D eigenvalue weighted by Gasteiger charge is -2.02. The molecule has 2 rings (SSSR count). The Hall–Kier alpha value is -2.23. The van der Waals surface area contributed by atoms with E-state index in [2.05, 4.69) is 9.97 Å². The number of carbonyl (C=O) groups is 1. The van der Waals surface area contributed by atoms with Crippen LogP contribution in [0.3, 0.4) is 0 Å². The zero-order valence-electron chi connectivity index (χ0n) is 9.46. The number of ketones is 1. The molecule has 0 atom stereocenters. The first-order chi connectivity index (χ1) is 8.29. The van der Waals surface area contributed by atoms with Gasteiger partial charge in [-0.2, -0.15) is 0 Å². The van der Waals surface area contributed by atoms with Crippen molar-refractivity contribution >= 4 is 5.78 Å². The lowest BCUT2D eigenvalue weighted by atomic mass is 10.1. The van der Waals surface area contributed by atoms with Gasteiger partial charge in [-0.15, -0.1) is 0 Å².